The van der Waals surface area contributed by atoms with Crippen molar-refractivity contribution in [3.05, 3.63) is 6.33 Å². The monoisotopic (exact) mass is 124 g/mol. The molecule has 0 unspecified atom stereocenters. The molecule has 1 saturated carbocycles. The fraction of sp³-hybridized carbons (Fsp3) is 0.800. The standard InChI is InChI=1S/C5H8N4/c1-2-5(3-1)9-4-6-7-8-9/h4-5H,1-3H2. The Morgan fingerprint density at radius 2 is 2.33 bits per heavy atom. The van der Waals surface area contributed by atoms with Crippen LogP contribution in [-0.2, 0) is 0 Å². The van der Waals surface area contributed by atoms with Gasteiger partial charge >= 0.3 is 0 Å². The molecule has 1 aromatic rings. The van der Waals surface area contributed by atoms with Crippen LogP contribution in [0.25, 0.3) is 0 Å². The summed E-state index contributed by atoms with van der Waals surface area (Å²) >= 11 is 0. The molecule has 2 rings (SSSR count). The molecular formula is C5H8N4. The van der Waals surface area contributed by atoms with E-state index in [4.69, 9.17) is 0 Å². The van der Waals surface area contributed by atoms with E-state index in [-0.39, 0.29) is 0 Å². The molecule has 1 aliphatic carbocycles. The third kappa shape index (κ3) is 0.704. The van der Waals surface area contributed by atoms with Crippen LogP contribution < -0.4 is 0 Å². The number of nitrogens with zero attached hydrogens (tertiary/aromatic N) is 4. The van der Waals surface area contributed by atoms with Gasteiger partial charge in [-0.1, -0.05) is 0 Å². The zero-order valence-corrected chi connectivity index (χ0v) is 5.06. The van der Waals surface area contributed by atoms with Crippen LogP contribution in [0.15, 0.2) is 6.33 Å². The molecule has 1 fully saturated rings. The summed E-state index contributed by atoms with van der Waals surface area (Å²) in [5.74, 6) is 0. The highest BCUT2D eigenvalue weighted by Crippen LogP contribution is 2.29. The lowest BCUT2D eigenvalue weighted by Crippen LogP contribution is -2.17. The number of hydrogen-bond acceptors (Lipinski definition) is 3. The van der Waals surface area contributed by atoms with Crippen molar-refractivity contribution in [2.75, 3.05) is 0 Å². The molecule has 0 atom stereocenters. The fourth-order valence-corrected chi connectivity index (χ4v) is 0.987. The smallest absolute Gasteiger partial charge is 0.138 e. The Morgan fingerprint density at radius 1 is 1.44 bits per heavy atom. The first-order valence-electron chi connectivity index (χ1n) is 3.19. The van der Waals surface area contributed by atoms with Crippen molar-refractivity contribution < 1.29 is 0 Å². The van der Waals surface area contributed by atoms with Crippen LogP contribution >= 0.6 is 0 Å². The first kappa shape index (κ1) is 4.90. The number of aromatic nitrogens is 4. The summed E-state index contributed by atoms with van der Waals surface area (Å²) in [7, 11) is 0. The molecule has 0 saturated heterocycles. The molecule has 0 aromatic carbocycles. The predicted octanol–water partition coefficient (Wildman–Crippen LogP) is 0.398. The van der Waals surface area contributed by atoms with Crippen LogP contribution in [0, 0.1) is 0 Å². The van der Waals surface area contributed by atoms with E-state index in [0.29, 0.717) is 6.04 Å². The topological polar surface area (TPSA) is 43.6 Å². The average molecular weight is 124 g/mol. The zero-order chi connectivity index (χ0) is 6.10. The Balaban J connectivity index is 2.14. The normalized spacial score (nSPS) is 19.6. The highest BCUT2D eigenvalue weighted by Gasteiger charge is 2.19. The molecule has 0 amide bonds. The van der Waals surface area contributed by atoms with E-state index < -0.39 is 0 Å². The fourth-order valence-electron chi connectivity index (χ4n) is 0.987. The first-order chi connectivity index (χ1) is 4.47. The van der Waals surface area contributed by atoms with E-state index >= 15 is 0 Å². The van der Waals surface area contributed by atoms with Crippen molar-refractivity contribution in [3.8, 4) is 0 Å². The Labute approximate surface area is 52.9 Å². The van der Waals surface area contributed by atoms with Crippen molar-refractivity contribution in [1.82, 2.24) is 20.2 Å². The minimum Gasteiger partial charge on any atom is -0.229 e. The summed E-state index contributed by atoms with van der Waals surface area (Å²) in [5.41, 5.74) is 0. The van der Waals surface area contributed by atoms with Gasteiger partial charge in [-0.2, -0.15) is 0 Å². The molecule has 0 N–H and O–H groups in total. The maximum Gasteiger partial charge on any atom is 0.138 e. The summed E-state index contributed by atoms with van der Waals surface area (Å²) in [4.78, 5) is 0. The molecule has 0 bridgehead atoms. The van der Waals surface area contributed by atoms with Crippen molar-refractivity contribution in [2.24, 2.45) is 0 Å². The van der Waals surface area contributed by atoms with Gasteiger partial charge in [0.25, 0.3) is 0 Å². The Kier molecular flexibility index (Phi) is 0.974. The maximum absolute atomic E-state index is 3.79. The minimum absolute atomic E-state index is 0.597. The lowest BCUT2D eigenvalue weighted by atomic mass is 9.94. The second kappa shape index (κ2) is 1.79. The van der Waals surface area contributed by atoms with Crippen LogP contribution in [0.5, 0.6) is 0 Å². The SMILES string of the molecule is c1nnnn1C1CCC1. The van der Waals surface area contributed by atoms with Crippen molar-refractivity contribution in [1.29, 1.82) is 0 Å². The second-order valence-corrected chi connectivity index (χ2v) is 2.37. The van der Waals surface area contributed by atoms with Gasteiger partial charge in [0.1, 0.15) is 6.33 Å². The highest BCUT2D eigenvalue weighted by atomic mass is 15.5. The van der Waals surface area contributed by atoms with E-state index in [1.165, 1.54) is 19.3 Å². The lowest BCUT2D eigenvalue weighted by Gasteiger charge is -2.23. The molecule has 1 heterocycles. The van der Waals surface area contributed by atoms with E-state index in [0.717, 1.165) is 0 Å². The molecule has 0 aliphatic heterocycles. The summed E-state index contributed by atoms with van der Waals surface area (Å²) in [5, 5.41) is 10.9. The van der Waals surface area contributed by atoms with Crippen LogP contribution in [0.4, 0.5) is 0 Å². The average Bonchev–Trinajstić information content (AvgIpc) is 2.11. The first-order valence-corrected chi connectivity index (χ1v) is 3.19. The van der Waals surface area contributed by atoms with Gasteiger partial charge in [0.2, 0.25) is 0 Å². The van der Waals surface area contributed by atoms with Crippen LogP contribution in [0.3, 0.4) is 0 Å². The van der Waals surface area contributed by atoms with Crippen molar-refractivity contribution >= 4 is 0 Å². The van der Waals surface area contributed by atoms with Gasteiger partial charge in [-0.15, -0.1) is 5.10 Å². The summed E-state index contributed by atoms with van der Waals surface area (Å²) in [6, 6.07) is 0.597. The Hall–Kier alpha value is -0.930. The van der Waals surface area contributed by atoms with Gasteiger partial charge in [0, 0.05) is 0 Å². The quantitative estimate of drug-likeness (QED) is 0.544. The Morgan fingerprint density at radius 3 is 2.78 bits per heavy atom. The van der Waals surface area contributed by atoms with Gasteiger partial charge in [-0.25, -0.2) is 4.68 Å². The van der Waals surface area contributed by atoms with Gasteiger partial charge in [-0.3, -0.25) is 0 Å². The Bertz CT molecular complexity index is 177. The van der Waals surface area contributed by atoms with Gasteiger partial charge in [0.05, 0.1) is 6.04 Å². The molecule has 9 heavy (non-hydrogen) atoms. The molecule has 1 aromatic heterocycles. The van der Waals surface area contributed by atoms with E-state index in [2.05, 4.69) is 15.5 Å². The molecular weight excluding hydrogens is 116 g/mol. The van der Waals surface area contributed by atoms with Gasteiger partial charge < -0.3 is 0 Å². The summed E-state index contributed by atoms with van der Waals surface area (Å²) in [6.07, 6.45) is 5.49. The highest BCUT2D eigenvalue weighted by molar-refractivity contribution is 4.73. The van der Waals surface area contributed by atoms with E-state index in [1.807, 2.05) is 4.68 Å². The van der Waals surface area contributed by atoms with Gasteiger partial charge in [-0.05, 0) is 29.7 Å². The predicted molar refractivity (Wildman–Crippen MR) is 30.7 cm³/mol. The molecule has 0 radical (unpaired) electrons. The van der Waals surface area contributed by atoms with Crippen LogP contribution in [-0.4, -0.2) is 20.2 Å². The molecule has 48 valence electrons. The molecule has 1 aliphatic rings. The van der Waals surface area contributed by atoms with Crippen LogP contribution in [0.2, 0.25) is 0 Å². The third-order valence-electron chi connectivity index (χ3n) is 1.81. The molecule has 0 spiro atoms. The second-order valence-electron chi connectivity index (χ2n) is 2.37. The van der Waals surface area contributed by atoms with Gasteiger partial charge in [0.15, 0.2) is 0 Å². The van der Waals surface area contributed by atoms with Crippen LogP contribution in [0.1, 0.15) is 25.3 Å². The zero-order valence-electron chi connectivity index (χ0n) is 5.06. The minimum atomic E-state index is 0.597. The van der Waals surface area contributed by atoms with Crippen molar-refractivity contribution in [3.63, 3.8) is 0 Å². The van der Waals surface area contributed by atoms with E-state index in [1.54, 1.807) is 6.33 Å². The molecule has 4 nitrogen and oxygen atoms in total. The third-order valence-corrected chi connectivity index (χ3v) is 1.81. The summed E-state index contributed by atoms with van der Waals surface area (Å²) in [6.45, 7) is 0. The maximum atomic E-state index is 3.79. The number of tetrazole rings is 1. The lowest BCUT2D eigenvalue weighted by molar-refractivity contribution is 0.284. The van der Waals surface area contributed by atoms with Crippen molar-refractivity contribution in [2.45, 2.75) is 25.3 Å². The number of rotatable bonds is 1. The number of hydrogen-bond donors (Lipinski definition) is 0. The largest absolute Gasteiger partial charge is 0.229 e. The summed E-state index contributed by atoms with van der Waals surface area (Å²) < 4.78 is 1.84. The van der Waals surface area contributed by atoms with E-state index in [9.17, 15) is 0 Å². The molecule has 4 heteroatoms.